The fraction of sp³-hybridized carbons (Fsp3) is 0.474. The van der Waals surface area contributed by atoms with Gasteiger partial charge in [-0.3, -0.25) is 0 Å². The molecule has 122 valence electrons. The summed E-state index contributed by atoms with van der Waals surface area (Å²) in [6, 6.07) is 10.3. The number of rotatable bonds is 3. The van der Waals surface area contributed by atoms with Gasteiger partial charge in [-0.15, -0.1) is 0 Å². The predicted molar refractivity (Wildman–Crippen MR) is 92.6 cm³/mol. The van der Waals surface area contributed by atoms with Crippen molar-refractivity contribution in [1.29, 1.82) is 5.26 Å². The number of urea groups is 1. The quantitative estimate of drug-likeness (QED) is 0.920. The van der Waals surface area contributed by atoms with Gasteiger partial charge in [-0.2, -0.15) is 5.26 Å². The van der Waals surface area contributed by atoms with E-state index >= 15 is 0 Å². The summed E-state index contributed by atoms with van der Waals surface area (Å²) in [5.74, 6) is 0.0827. The van der Waals surface area contributed by atoms with Gasteiger partial charge >= 0.3 is 6.03 Å². The monoisotopic (exact) mass is 311 g/mol. The van der Waals surface area contributed by atoms with Crippen molar-refractivity contribution in [2.45, 2.75) is 39.2 Å². The van der Waals surface area contributed by atoms with Crippen molar-refractivity contribution in [2.75, 3.05) is 13.1 Å². The van der Waals surface area contributed by atoms with Crippen molar-refractivity contribution < 1.29 is 4.79 Å². The van der Waals surface area contributed by atoms with Crippen LogP contribution in [0.15, 0.2) is 30.8 Å². The maximum atomic E-state index is 12.5. The van der Waals surface area contributed by atoms with Crippen molar-refractivity contribution in [3.05, 3.63) is 42.0 Å². The number of amides is 2. The van der Waals surface area contributed by atoms with Gasteiger partial charge in [-0.25, -0.2) is 4.79 Å². The molecule has 1 aliphatic rings. The van der Waals surface area contributed by atoms with Crippen LogP contribution in [0.2, 0.25) is 0 Å². The third-order valence-electron chi connectivity index (χ3n) is 4.46. The molecular weight excluding hydrogens is 286 g/mol. The van der Waals surface area contributed by atoms with Gasteiger partial charge in [0, 0.05) is 19.0 Å². The van der Waals surface area contributed by atoms with E-state index in [2.05, 4.69) is 24.0 Å². The second-order valence-electron chi connectivity index (χ2n) is 6.81. The Bertz CT molecular complexity index is 634. The highest BCUT2D eigenvalue weighted by atomic mass is 16.2. The third kappa shape index (κ3) is 4.13. The van der Waals surface area contributed by atoms with Gasteiger partial charge in [0.15, 0.2) is 0 Å². The summed E-state index contributed by atoms with van der Waals surface area (Å²) in [7, 11) is 0. The molecular formula is C19H25N3O. The van der Waals surface area contributed by atoms with Crippen molar-refractivity contribution in [3.8, 4) is 6.07 Å². The molecule has 1 aromatic rings. The summed E-state index contributed by atoms with van der Waals surface area (Å²) in [6.07, 6.45) is 1.52. The minimum Gasteiger partial charge on any atom is -0.329 e. The van der Waals surface area contributed by atoms with E-state index in [1.165, 1.54) is 0 Å². The number of hydrogen-bond donors (Lipinski definition) is 1. The lowest BCUT2D eigenvalue weighted by molar-refractivity contribution is 0.169. The lowest BCUT2D eigenvalue weighted by atomic mass is 9.91. The number of nitrogens with zero attached hydrogens (tertiary/aromatic N) is 2. The number of nitriles is 1. The molecule has 0 bridgehead atoms. The van der Waals surface area contributed by atoms with Crippen molar-refractivity contribution in [1.82, 2.24) is 10.2 Å². The topological polar surface area (TPSA) is 56.1 Å². The highest BCUT2D eigenvalue weighted by molar-refractivity contribution is 5.75. The molecule has 0 saturated carbocycles. The summed E-state index contributed by atoms with van der Waals surface area (Å²) in [6.45, 7) is 11.3. The van der Waals surface area contributed by atoms with E-state index in [4.69, 9.17) is 5.26 Å². The molecule has 0 aromatic heterocycles. The molecule has 0 aliphatic carbocycles. The molecule has 23 heavy (non-hydrogen) atoms. The van der Waals surface area contributed by atoms with Gasteiger partial charge in [-0.1, -0.05) is 30.4 Å². The fourth-order valence-corrected chi connectivity index (χ4v) is 2.80. The zero-order valence-corrected chi connectivity index (χ0v) is 14.2. The molecule has 1 aromatic carbocycles. The molecule has 1 aliphatic heterocycles. The zero-order chi connectivity index (χ0) is 17.0. The van der Waals surface area contributed by atoms with E-state index in [1.807, 2.05) is 39.0 Å². The van der Waals surface area contributed by atoms with Crippen molar-refractivity contribution in [2.24, 2.45) is 5.92 Å². The molecule has 2 rings (SSSR count). The van der Waals surface area contributed by atoms with Crippen LogP contribution >= 0.6 is 0 Å². The number of allylic oxidation sites excluding steroid dienone is 1. The van der Waals surface area contributed by atoms with Gasteiger partial charge in [0.25, 0.3) is 0 Å². The maximum absolute atomic E-state index is 12.5. The van der Waals surface area contributed by atoms with Crippen molar-refractivity contribution in [3.63, 3.8) is 0 Å². The first kappa shape index (κ1) is 17.1. The first-order valence-electron chi connectivity index (χ1n) is 8.06. The predicted octanol–water partition coefficient (Wildman–Crippen LogP) is 3.90. The first-order chi connectivity index (χ1) is 10.8. The van der Waals surface area contributed by atoms with Crippen LogP contribution in [0, 0.1) is 17.2 Å². The average Bonchev–Trinajstić information content (AvgIpc) is 2.54. The average molecular weight is 311 g/mol. The summed E-state index contributed by atoms with van der Waals surface area (Å²) in [4.78, 5) is 14.3. The van der Waals surface area contributed by atoms with E-state index in [1.54, 1.807) is 4.90 Å². The number of likely N-dealkylation sites (tertiary alicyclic amines) is 1. The van der Waals surface area contributed by atoms with Gasteiger partial charge < -0.3 is 10.2 Å². The fourth-order valence-electron chi connectivity index (χ4n) is 2.80. The highest BCUT2D eigenvalue weighted by Crippen LogP contribution is 2.24. The van der Waals surface area contributed by atoms with E-state index in [0.717, 1.165) is 29.5 Å². The molecule has 0 spiro atoms. The van der Waals surface area contributed by atoms with Crippen LogP contribution < -0.4 is 5.32 Å². The van der Waals surface area contributed by atoms with Gasteiger partial charge in [0.1, 0.15) is 0 Å². The Morgan fingerprint density at radius 1 is 1.39 bits per heavy atom. The van der Waals surface area contributed by atoms with Crippen LogP contribution in [-0.4, -0.2) is 24.0 Å². The minimum absolute atomic E-state index is 0.0629. The molecule has 2 amide bonds. The molecule has 0 radical (unpaired) electrons. The number of carbonyl (C=O) groups excluding carboxylic acids is 1. The van der Waals surface area contributed by atoms with Crippen molar-refractivity contribution >= 4 is 11.6 Å². The zero-order valence-electron chi connectivity index (χ0n) is 14.2. The van der Waals surface area contributed by atoms with Gasteiger partial charge in [0.05, 0.1) is 11.6 Å². The SMILES string of the molecule is C=C(C)c1cccc(C(C)(C)NC(=O)N2CCC(C#N)CC2)c1. The maximum Gasteiger partial charge on any atom is 0.318 e. The summed E-state index contributed by atoms with van der Waals surface area (Å²) in [5, 5.41) is 12.1. The Labute approximate surface area is 138 Å². The van der Waals surface area contributed by atoms with Gasteiger partial charge in [0.2, 0.25) is 0 Å². The van der Waals surface area contributed by atoms with E-state index in [9.17, 15) is 4.79 Å². The Morgan fingerprint density at radius 3 is 2.61 bits per heavy atom. The number of benzene rings is 1. The second-order valence-corrected chi connectivity index (χ2v) is 6.81. The Kier molecular flexibility index (Phi) is 5.10. The first-order valence-corrected chi connectivity index (χ1v) is 8.06. The summed E-state index contributed by atoms with van der Waals surface area (Å²) < 4.78 is 0. The largest absolute Gasteiger partial charge is 0.329 e. The molecule has 1 saturated heterocycles. The third-order valence-corrected chi connectivity index (χ3v) is 4.46. The summed E-state index contributed by atoms with van der Waals surface area (Å²) >= 11 is 0. The van der Waals surface area contributed by atoms with Crippen LogP contribution in [0.3, 0.4) is 0 Å². The standard InChI is InChI=1S/C19H25N3O/c1-14(2)16-6-5-7-17(12-16)19(3,4)21-18(23)22-10-8-15(13-20)9-11-22/h5-7,12,15H,1,8-11H2,2-4H3,(H,21,23). The van der Waals surface area contributed by atoms with Crippen LogP contribution in [0.4, 0.5) is 4.79 Å². The van der Waals surface area contributed by atoms with E-state index < -0.39 is 5.54 Å². The van der Waals surface area contributed by atoms with Crippen LogP contribution in [0.5, 0.6) is 0 Å². The molecule has 4 heteroatoms. The highest BCUT2D eigenvalue weighted by Gasteiger charge is 2.28. The molecule has 1 fully saturated rings. The van der Waals surface area contributed by atoms with Gasteiger partial charge in [-0.05, 0) is 50.8 Å². The number of piperidine rings is 1. The second kappa shape index (κ2) is 6.87. The van der Waals surface area contributed by atoms with Crippen LogP contribution in [0.1, 0.15) is 44.7 Å². The van der Waals surface area contributed by atoms with E-state index in [0.29, 0.717) is 13.1 Å². The molecule has 1 heterocycles. The number of nitrogens with one attached hydrogen (secondary N) is 1. The smallest absolute Gasteiger partial charge is 0.318 e. The normalized spacial score (nSPS) is 15.8. The lowest BCUT2D eigenvalue weighted by Crippen LogP contribution is -2.50. The summed E-state index contributed by atoms with van der Waals surface area (Å²) in [5.41, 5.74) is 2.68. The molecule has 0 unspecified atom stereocenters. The Morgan fingerprint density at radius 2 is 2.04 bits per heavy atom. The van der Waals surface area contributed by atoms with Crippen LogP contribution in [-0.2, 0) is 5.54 Å². The minimum atomic E-state index is -0.464. The number of carbonyl (C=O) groups is 1. The molecule has 4 nitrogen and oxygen atoms in total. The Balaban J connectivity index is 2.06. The lowest BCUT2D eigenvalue weighted by Gasteiger charge is -2.34. The number of hydrogen-bond acceptors (Lipinski definition) is 2. The van der Waals surface area contributed by atoms with E-state index in [-0.39, 0.29) is 11.9 Å². The molecule has 0 atom stereocenters. The Hall–Kier alpha value is -2.28. The molecule has 1 N–H and O–H groups in total. The van der Waals surface area contributed by atoms with Crippen LogP contribution in [0.25, 0.3) is 5.57 Å².